The first-order valence-corrected chi connectivity index (χ1v) is 4.26. The molecule has 1 aromatic rings. The molecule has 0 fully saturated rings. The Morgan fingerprint density at radius 3 is 2.67 bits per heavy atom. The lowest BCUT2D eigenvalue weighted by Crippen LogP contribution is -1.97. The molecular weight excluding hydrogens is 235 g/mol. The Balaban J connectivity index is 3.14. The zero-order valence-corrected chi connectivity index (χ0v) is 7.48. The second kappa shape index (κ2) is 3.89. The third-order valence-corrected chi connectivity index (χ3v) is 1.88. The predicted molar refractivity (Wildman–Crippen MR) is 41.8 cm³/mol. The number of rotatable bonds is 2. The molecule has 0 saturated heterocycles. The third kappa shape index (κ3) is 1.77. The topological polar surface area (TPSA) is 12.9 Å². The van der Waals surface area contributed by atoms with Crippen molar-refractivity contribution in [2.75, 3.05) is 0 Å². The molecule has 0 saturated carbocycles. The van der Waals surface area contributed by atoms with Crippen LogP contribution in [0.2, 0.25) is 0 Å². The van der Waals surface area contributed by atoms with Gasteiger partial charge in [0.15, 0.2) is 5.82 Å². The van der Waals surface area contributed by atoms with Crippen molar-refractivity contribution in [1.29, 1.82) is 0 Å². The van der Waals surface area contributed by atoms with E-state index >= 15 is 0 Å². The molecule has 66 valence electrons. The van der Waals surface area contributed by atoms with Crippen LogP contribution in [0.1, 0.15) is 17.7 Å². The van der Waals surface area contributed by atoms with Crippen molar-refractivity contribution in [3.63, 3.8) is 0 Å². The molecule has 0 spiro atoms. The van der Waals surface area contributed by atoms with Gasteiger partial charge in [0.05, 0.1) is 11.3 Å². The van der Waals surface area contributed by atoms with E-state index in [0.717, 1.165) is 6.07 Å². The second-order valence-electron chi connectivity index (χ2n) is 2.10. The van der Waals surface area contributed by atoms with E-state index in [0.29, 0.717) is 0 Å². The maximum Gasteiger partial charge on any atom is 0.266 e. The van der Waals surface area contributed by atoms with Crippen LogP contribution in [-0.4, -0.2) is 4.98 Å². The first-order chi connectivity index (χ1) is 5.66. The highest BCUT2D eigenvalue weighted by Gasteiger charge is 2.15. The van der Waals surface area contributed by atoms with Crippen LogP contribution in [0.25, 0.3) is 0 Å². The van der Waals surface area contributed by atoms with E-state index < -0.39 is 17.8 Å². The van der Waals surface area contributed by atoms with E-state index in [1.165, 1.54) is 6.20 Å². The molecule has 12 heavy (non-hydrogen) atoms. The standard InChI is InChI=1S/C7H5BrF3N/c8-3-5-6(9)4(7(10)11)1-2-12-5/h1-2,7H,3H2. The lowest BCUT2D eigenvalue weighted by Gasteiger charge is -2.03. The average molecular weight is 240 g/mol. The molecule has 0 amide bonds. The number of alkyl halides is 3. The van der Waals surface area contributed by atoms with Crippen LogP contribution < -0.4 is 0 Å². The molecule has 0 aliphatic carbocycles. The van der Waals surface area contributed by atoms with Crippen molar-refractivity contribution >= 4 is 15.9 Å². The van der Waals surface area contributed by atoms with Gasteiger partial charge in [-0.1, -0.05) is 15.9 Å². The Labute approximate surface area is 75.7 Å². The fourth-order valence-electron chi connectivity index (χ4n) is 0.766. The van der Waals surface area contributed by atoms with Gasteiger partial charge in [0.2, 0.25) is 0 Å². The van der Waals surface area contributed by atoms with Gasteiger partial charge in [0, 0.05) is 11.5 Å². The van der Waals surface area contributed by atoms with Crippen LogP contribution >= 0.6 is 15.9 Å². The van der Waals surface area contributed by atoms with Gasteiger partial charge in [-0.3, -0.25) is 4.98 Å². The molecule has 0 aromatic carbocycles. The SMILES string of the molecule is Fc1c(C(F)F)ccnc1CBr. The first-order valence-electron chi connectivity index (χ1n) is 3.14. The lowest BCUT2D eigenvalue weighted by molar-refractivity contribution is 0.146. The second-order valence-corrected chi connectivity index (χ2v) is 2.66. The smallest absolute Gasteiger partial charge is 0.257 e. The van der Waals surface area contributed by atoms with Gasteiger partial charge >= 0.3 is 0 Å². The molecule has 5 heteroatoms. The molecule has 1 aromatic heterocycles. The number of hydrogen-bond acceptors (Lipinski definition) is 1. The number of hydrogen-bond donors (Lipinski definition) is 0. The molecule has 1 heterocycles. The summed E-state index contributed by atoms with van der Waals surface area (Å²) in [6.45, 7) is 0. The molecule has 0 N–H and O–H groups in total. The van der Waals surface area contributed by atoms with Gasteiger partial charge in [0.25, 0.3) is 6.43 Å². The molecular formula is C7H5BrF3N. The minimum Gasteiger partial charge on any atom is -0.257 e. The number of nitrogens with zero attached hydrogens (tertiary/aromatic N) is 1. The summed E-state index contributed by atoms with van der Waals surface area (Å²) in [6, 6.07) is 0.978. The summed E-state index contributed by atoms with van der Waals surface area (Å²) in [6.07, 6.45) is -1.62. The van der Waals surface area contributed by atoms with Crippen LogP contribution in [0.4, 0.5) is 13.2 Å². The summed E-state index contributed by atoms with van der Waals surface area (Å²) in [5.41, 5.74) is -0.591. The molecule has 0 aliphatic rings. The summed E-state index contributed by atoms with van der Waals surface area (Å²) >= 11 is 2.94. The average Bonchev–Trinajstić information content (AvgIpc) is 2.04. The fraction of sp³-hybridized carbons (Fsp3) is 0.286. The minimum atomic E-state index is -2.79. The van der Waals surface area contributed by atoms with Gasteiger partial charge in [0.1, 0.15) is 0 Å². The Hall–Kier alpha value is -0.580. The Kier molecular flexibility index (Phi) is 3.08. The van der Waals surface area contributed by atoms with Crippen molar-refractivity contribution in [3.8, 4) is 0 Å². The highest BCUT2D eigenvalue weighted by atomic mass is 79.9. The molecule has 0 bridgehead atoms. The van der Waals surface area contributed by atoms with Crippen molar-refractivity contribution in [3.05, 3.63) is 29.3 Å². The molecule has 0 aliphatic heterocycles. The number of pyridine rings is 1. The normalized spacial score (nSPS) is 10.8. The van der Waals surface area contributed by atoms with E-state index in [1.807, 2.05) is 0 Å². The van der Waals surface area contributed by atoms with E-state index in [9.17, 15) is 13.2 Å². The van der Waals surface area contributed by atoms with Crippen molar-refractivity contribution < 1.29 is 13.2 Å². The van der Waals surface area contributed by atoms with Crippen molar-refractivity contribution in [2.45, 2.75) is 11.8 Å². The van der Waals surface area contributed by atoms with E-state index in [2.05, 4.69) is 20.9 Å². The summed E-state index contributed by atoms with van der Waals surface area (Å²) in [7, 11) is 0. The summed E-state index contributed by atoms with van der Waals surface area (Å²) < 4.78 is 37.1. The van der Waals surface area contributed by atoms with Gasteiger partial charge in [-0.2, -0.15) is 0 Å². The molecule has 0 unspecified atom stereocenters. The van der Waals surface area contributed by atoms with Gasteiger partial charge in [-0.05, 0) is 6.07 Å². The Bertz CT molecular complexity index is 277. The van der Waals surface area contributed by atoms with E-state index in [-0.39, 0.29) is 11.0 Å². The van der Waals surface area contributed by atoms with Crippen molar-refractivity contribution in [1.82, 2.24) is 4.98 Å². The number of aromatic nitrogens is 1. The predicted octanol–water partition coefficient (Wildman–Crippen LogP) is 3.05. The zero-order valence-electron chi connectivity index (χ0n) is 5.90. The van der Waals surface area contributed by atoms with Crippen LogP contribution in [0.15, 0.2) is 12.3 Å². The highest BCUT2D eigenvalue weighted by molar-refractivity contribution is 9.08. The molecule has 1 rings (SSSR count). The van der Waals surface area contributed by atoms with Crippen LogP contribution in [0.5, 0.6) is 0 Å². The van der Waals surface area contributed by atoms with Crippen molar-refractivity contribution in [2.24, 2.45) is 0 Å². The lowest BCUT2D eigenvalue weighted by atomic mass is 10.2. The highest BCUT2D eigenvalue weighted by Crippen LogP contribution is 2.23. The minimum absolute atomic E-state index is 0.00722. The van der Waals surface area contributed by atoms with Gasteiger partial charge < -0.3 is 0 Å². The van der Waals surface area contributed by atoms with Crippen LogP contribution in [0, 0.1) is 5.82 Å². The van der Waals surface area contributed by atoms with Crippen LogP contribution in [-0.2, 0) is 5.33 Å². The van der Waals surface area contributed by atoms with E-state index in [4.69, 9.17) is 0 Å². The molecule has 0 atom stereocenters. The summed E-state index contributed by atoms with van der Waals surface area (Å²) in [4.78, 5) is 3.58. The first kappa shape index (κ1) is 9.51. The zero-order chi connectivity index (χ0) is 9.14. The maximum atomic E-state index is 13.0. The molecule has 0 radical (unpaired) electrons. The fourth-order valence-corrected chi connectivity index (χ4v) is 1.16. The largest absolute Gasteiger partial charge is 0.266 e. The molecule has 1 nitrogen and oxygen atoms in total. The summed E-state index contributed by atoms with van der Waals surface area (Å²) in [5.74, 6) is -0.927. The maximum absolute atomic E-state index is 13.0. The van der Waals surface area contributed by atoms with Gasteiger partial charge in [-0.15, -0.1) is 0 Å². The number of halogens is 4. The van der Waals surface area contributed by atoms with Crippen LogP contribution in [0.3, 0.4) is 0 Å². The monoisotopic (exact) mass is 239 g/mol. The Morgan fingerprint density at radius 1 is 1.50 bits per heavy atom. The summed E-state index contributed by atoms with van der Waals surface area (Å²) in [5, 5.41) is 0.138. The van der Waals surface area contributed by atoms with Gasteiger partial charge in [-0.25, -0.2) is 13.2 Å². The third-order valence-electron chi connectivity index (χ3n) is 1.35. The quantitative estimate of drug-likeness (QED) is 0.724. The Morgan fingerprint density at radius 2 is 2.17 bits per heavy atom. The van der Waals surface area contributed by atoms with E-state index in [1.54, 1.807) is 0 Å².